The first-order valence-corrected chi connectivity index (χ1v) is 3.32. The van der Waals surface area contributed by atoms with E-state index in [1.807, 2.05) is 0 Å². The quantitative estimate of drug-likeness (QED) is 0.613. The zero-order valence-corrected chi connectivity index (χ0v) is 6.39. The second-order valence-electron chi connectivity index (χ2n) is 2.51. The molecular weight excluding hydrogens is 141 g/mol. The lowest BCUT2D eigenvalue weighted by Crippen LogP contribution is -1.92. The second kappa shape index (κ2) is 2.74. The Hall–Kier alpha value is -1.31. The van der Waals surface area contributed by atoms with Gasteiger partial charge in [0.1, 0.15) is 5.82 Å². The highest BCUT2D eigenvalue weighted by atomic mass is 19.1. The summed E-state index contributed by atoms with van der Waals surface area (Å²) in [4.78, 5) is 0. The largest absolute Gasteiger partial charge is 0.398 e. The standard InChI is InChI=1S/C9H10FN/c1-6(2)8-5-7(10)3-4-9(8)11/h3-5H,1,11H2,2H3. The minimum Gasteiger partial charge on any atom is -0.398 e. The molecule has 0 radical (unpaired) electrons. The molecule has 1 rings (SSSR count). The summed E-state index contributed by atoms with van der Waals surface area (Å²) in [5.74, 6) is -0.280. The molecule has 1 aromatic rings. The van der Waals surface area contributed by atoms with E-state index in [0.717, 1.165) is 5.57 Å². The Bertz CT molecular complexity index is 292. The maximum Gasteiger partial charge on any atom is 0.123 e. The first-order chi connectivity index (χ1) is 5.11. The molecule has 0 aromatic heterocycles. The molecule has 1 aromatic carbocycles. The van der Waals surface area contributed by atoms with E-state index in [0.29, 0.717) is 11.3 Å². The van der Waals surface area contributed by atoms with Gasteiger partial charge in [-0.2, -0.15) is 0 Å². The molecule has 0 fully saturated rings. The predicted molar refractivity (Wildman–Crippen MR) is 45.5 cm³/mol. The van der Waals surface area contributed by atoms with Crippen LogP contribution in [0.4, 0.5) is 10.1 Å². The van der Waals surface area contributed by atoms with E-state index in [9.17, 15) is 4.39 Å². The van der Waals surface area contributed by atoms with Crippen LogP contribution in [0, 0.1) is 5.82 Å². The van der Waals surface area contributed by atoms with Crippen molar-refractivity contribution in [3.63, 3.8) is 0 Å². The van der Waals surface area contributed by atoms with Gasteiger partial charge in [-0.15, -0.1) is 0 Å². The molecule has 2 N–H and O–H groups in total. The van der Waals surface area contributed by atoms with E-state index in [-0.39, 0.29) is 5.82 Å². The number of allylic oxidation sites excluding steroid dienone is 1. The van der Waals surface area contributed by atoms with Crippen LogP contribution in [0.5, 0.6) is 0 Å². The molecule has 0 bridgehead atoms. The van der Waals surface area contributed by atoms with E-state index in [1.165, 1.54) is 12.1 Å². The van der Waals surface area contributed by atoms with E-state index in [2.05, 4.69) is 6.58 Å². The van der Waals surface area contributed by atoms with Crippen molar-refractivity contribution in [2.24, 2.45) is 0 Å². The van der Waals surface area contributed by atoms with Crippen molar-refractivity contribution in [3.8, 4) is 0 Å². The third kappa shape index (κ3) is 1.58. The number of halogens is 1. The van der Waals surface area contributed by atoms with Crippen molar-refractivity contribution in [2.75, 3.05) is 5.73 Å². The van der Waals surface area contributed by atoms with Crippen LogP contribution in [0.1, 0.15) is 12.5 Å². The minimum absolute atomic E-state index is 0.280. The van der Waals surface area contributed by atoms with Crippen LogP contribution in [0.15, 0.2) is 24.8 Å². The first-order valence-electron chi connectivity index (χ1n) is 3.32. The molecule has 0 aliphatic rings. The van der Waals surface area contributed by atoms with Gasteiger partial charge < -0.3 is 5.73 Å². The monoisotopic (exact) mass is 151 g/mol. The average molecular weight is 151 g/mol. The SMILES string of the molecule is C=C(C)c1cc(F)ccc1N. The Morgan fingerprint density at radius 2 is 2.18 bits per heavy atom. The van der Waals surface area contributed by atoms with Crippen LogP contribution in [0.2, 0.25) is 0 Å². The fourth-order valence-electron chi connectivity index (χ4n) is 0.898. The number of benzene rings is 1. The van der Waals surface area contributed by atoms with Gasteiger partial charge in [-0.3, -0.25) is 0 Å². The first kappa shape index (κ1) is 7.79. The highest BCUT2D eigenvalue weighted by Gasteiger charge is 2.00. The Kier molecular flexibility index (Phi) is 1.94. The molecule has 1 nitrogen and oxygen atoms in total. The Labute approximate surface area is 65.3 Å². The minimum atomic E-state index is -0.280. The molecule has 11 heavy (non-hydrogen) atoms. The summed E-state index contributed by atoms with van der Waals surface area (Å²) in [5, 5.41) is 0. The summed E-state index contributed by atoms with van der Waals surface area (Å²) in [7, 11) is 0. The zero-order chi connectivity index (χ0) is 8.43. The normalized spacial score (nSPS) is 9.64. The van der Waals surface area contributed by atoms with Crippen molar-refractivity contribution in [2.45, 2.75) is 6.92 Å². The smallest absolute Gasteiger partial charge is 0.123 e. The fraction of sp³-hybridized carbons (Fsp3) is 0.111. The molecule has 0 aliphatic heterocycles. The molecule has 0 heterocycles. The van der Waals surface area contributed by atoms with Crippen molar-refractivity contribution in [1.82, 2.24) is 0 Å². The Morgan fingerprint density at radius 1 is 1.55 bits per heavy atom. The molecule has 0 saturated heterocycles. The van der Waals surface area contributed by atoms with Crippen LogP contribution in [0.25, 0.3) is 5.57 Å². The highest BCUT2D eigenvalue weighted by molar-refractivity contribution is 5.72. The summed E-state index contributed by atoms with van der Waals surface area (Å²) >= 11 is 0. The van der Waals surface area contributed by atoms with E-state index < -0.39 is 0 Å². The van der Waals surface area contributed by atoms with Crippen LogP contribution in [0.3, 0.4) is 0 Å². The van der Waals surface area contributed by atoms with Crippen LogP contribution in [-0.2, 0) is 0 Å². The topological polar surface area (TPSA) is 26.0 Å². The molecule has 2 heteroatoms. The van der Waals surface area contributed by atoms with Gasteiger partial charge in [0.25, 0.3) is 0 Å². The molecule has 0 unspecified atom stereocenters. The highest BCUT2D eigenvalue weighted by Crippen LogP contribution is 2.19. The lowest BCUT2D eigenvalue weighted by molar-refractivity contribution is 0.627. The summed E-state index contributed by atoms with van der Waals surface area (Å²) in [6.45, 7) is 5.48. The summed E-state index contributed by atoms with van der Waals surface area (Å²) in [6, 6.07) is 4.26. The fourth-order valence-corrected chi connectivity index (χ4v) is 0.898. The number of hydrogen-bond acceptors (Lipinski definition) is 1. The summed E-state index contributed by atoms with van der Waals surface area (Å²) in [5.41, 5.74) is 7.60. The van der Waals surface area contributed by atoms with Gasteiger partial charge in [-0.05, 0) is 30.7 Å². The van der Waals surface area contributed by atoms with Gasteiger partial charge in [-0.25, -0.2) is 4.39 Å². The number of rotatable bonds is 1. The predicted octanol–water partition coefficient (Wildman–Crippen LogP) is 2.44. The lowest BCUT2D eigenvalue weighted by atomic mass is 10.1. The van der Waals surface area contributed by atoms with Crippen LogP contribution >= 0.6 is 0 Å². The molecule has 0 spiro atoms. The van der Waals surface area contributed by atoms with E-state index >= 15 is 0 Å². The Balaban J connectivity index is 3.23. The number of nitrogens with two attached hydrogens (primary N) is 1. The third-order valence-electron chi connectivity index (χ3n) is 1.48. The molecule has 0 aliphatic carbocycles. The van der Waals surface area contributed by atoms with Crippen LogP contribution in [-0.4, -0.2) is 0 Å². The number of hydrogen-bond donors (Lipinski definition) is 1. The van der Waals surface area contributed by atoms with Gasteiger partial charge >= 0.3 is 0 Å². The second-order valence-corrected chi connectivity index (χ2v) is 2.51. The van der Waals surface area contributed by atoms with Crippen LogP contribution < -0.4 is 5.73 Å². The van der Waals surface area contributed by atoms with Crippen molar-refractivity contribution < 1.29 is 4.39 Å². The third-order valence-corrected chi connectivity index (χ3v) is 1.48. The maximum atomic E-state index is 12.6. The maximum absolute atomic E-state index is 12.6. The molecular formula is C9H10FN. The van der Waals surface area contributed by atoms with Crippen molar-refractivity contribution in [3.05, 3.63) is 36.2 Å². The van der Waals surface area contributed by atoms with Gasteiger partial charge in [0.15, 0.2) is 0 Å². The number of nitrogen functional groups attached to an aromatic ring is 1. The van der Waals surface area contributed by atoms with Gasteiger partial charge in [0, 0.05) is 11.3 Å². The molecule has 0 amide bonds. The average Bonchev–Trinajstić information content (AvgIpc) is 1.94. The molecule has 0 atom stereocenters. The number of anilines is 1. The van der Waals surface area contributed by atoms with Gasteiger partial charge in [0.2, 0.25) is 0 Å². The summed E-state index contributed by atoms with van der Waals surface area (Å²) < 4.78 is 12.6. The summed E-state index contributed by atoms with van der Waals surface area (Å²) in [6.07, 6.45) is 0. The van der Waals surface area contributed by atoms with E-state index in [4.69, 9.17) is 5.73 Å². The van der Waals surface area contributed by atoms with Gasteiger partial charge in [-0.1, -0.05) is 6.58 Å². The molecule has 58 valence electrons. The zero-order valence-electron chi connectivity index (χ0n) is 6.39. The lowest BCUT2D eigenvalue weighted by Gasteiger charge is -2.03. The van der Waals surface area contributed by atoms with Crippen molar-refractivity contribution in [1.29, 1.82) is 0 Å². The molecule has 0 saturated carbocycles. The van der Waals surface area contributed by atoms with E-state index in [1.54, 1.807) is 13.0 Å². The van der Waals surface area contributed by atoms with Gasteiger partial charge in [0.05, 0.1) is 0 Å². The Morgan fingerprint density at radius 3 is 2.64 bits per heavy atom. The van der Waals surface area contributed by atoms with Crippen molar-refractivity contribution >= 4 is 11.3 Å².